The van der Waals surface area contributed by atoms with Gasteiger partial charge in [0.25, 0.3) is 0 Å². The van der Waals surface area contributed by atoms with Crippen LogP contribution in [0.2, 0.25) is 0 Å². The van der Waals surface area contributed by atoms with Gasteiger partial charge in [-0.25, -0.2) is 0 Å². The van der Waals surface area contributed by atoms with Crippen molar-refractivity contribution in [2.75, 3.05) is 0 Å². The summed E-state index contributed by atoms with van der Waals surface area (Å²) in [6, 6.07) is 21.7. The minimum atomic E-state index is 0.958. The highest BCUT2D eigenvalue weighted by Gasteiger charge is 2.15. The van der Waals surface area contributed by atoms with Crippen molar-refractivity contribution in [1.29, 1.82) is 0 Å². The van der Waals surface area contributed by atoms with Crippen LogP contribution in [0.15, 0.2) is 65.1 Å². The van der Waals surface area contributed by atoms with Crippen molar-refractivity contribution in [3.8, 4) is 0 Å². The second-order valence-electron chi connectivity index (χ2n) is 6.40. The van der Waals surface area contributed by atoms with Crippen LogP contribution >= 0.6 is 0 Å². The maximum absolute atomic E-state index is 6.27. The molecule has 1 heterocycles. The average molecular weight is 296 g/mol. The lowest BCUT2D eigenvalue weighted by Crippen LogP contribution is -1.83. The van der Waals surface area contributed by atoms with Crippen LogP contribution in [0.5, 0.6) is 0 Å². The molecule has 0 radical (unpaired) electrons. The molecule has 0 atom stereocenters. The number of benzene rings is 4. The van der Waals surface area contributed by atoms with E-state index < -0.39 is 0 Å². The lowest BCUT2D eigenvalue weighted by molar-refractivity contribution is 0.673. The van der Waals surface area contributed by atoms with Crippen LogP contribution in [0.3, 0.4) is 0 Å². The Hall–Kier alpha value is -2.80. The second kappa shape index (κ2) is 4.36. The lowest BCUT2D eigenvalue weighted by atomic mass is 9.95. The van der Waals surface area contributed by atoms with Crippen molar-refractivity contribution in [3.63, 3.8) is 0 Å². The zero-order valence-electron chi connectivity index (χ0n) is 13.2. The van der Waals surface area contributed by atoms with E-state index in [9.17, 15) is 0 Å². The molecule has 0 saturated carbocycles. The van der Waals surface area contributed by atoms with Crippen LogP contribution in [-0.4, -0.2) is 0 Å². The Balaban J connectivity index is 2.21. The van der Waals surface area contributed by atoms with E-state index in [2.05, 4.69) is 68.4 Å². The topological polar surface area (TPSA) is 13.1 Å². The molecule has 0 unspecified atom stereocenters. The number of hydrogen-bond donors (Lipinski definition) is 0. The number of furan rings is 1. The van der Waals surface area contributed by atoms with E-state index in [0.717, 1.165) is 11.2 Å². The van der Waals surface area contributed by atoms with Gasteiger partial charge < -0.3 is 4.42 Å². The molecule has 0 N–H and O–H groups in total. The Bertz CT molecular complexity index is 1220. The van der Waals surface area contributed by atoms with E-state index in [1.807, 2.05) is 6.07 Å². The van der Waals surface area contributed by atoms with Crippen LogP contribution in [-0.2, 0) is 0 Å². The Kier molecular flexibility index (Phi) is 2.41. The van der Waals surface area contributed by atoms with E-state index in [0.29, 0.717) is 0 Å². The third kappa shape index (κ3) is 1.68. The lowest BCUT2D eigenvalue weighted by Gasteiger charge is -2.08. The molecule has 0 bridgehead atoms. The monoisotopic (exact) mass is 296 g/mol. The zero-order valence-corrected chi connectivity index (χ0v) is 13.2. The van der Waals surface area contributed by atoms with Gasteiger partial charge in [-0.05, 0) is 42.1 Å². The van der Waals surface area contributed by atoms with E-state index in [4.69, 9.17) is 4.42 Å². The summed E-state index contributed by atoms with van der Waals surface area (Å²) in [7, 11) is 0. The molecule has 0 fully saturated rings. The summed E-state index contributed by atoms with van der Waals surface area (Å²) in [5, 5.41) is 7.47. The fraction of sp³-hybridized carbons (Fsp3) is 0.0909. The van der Waals surface area contributed by atoms with Crippen molar-refractivity contribution < 1.29 is 4.42 Å². The largest absolute Gasteiger partial charge is 0.455 e. The van der Waals surface area contributed by atoms with Crippen LogP contribution < -0.4 is 0 Å². The van der Waals surface area contributed by atoms with Gasteiger partial charge in [-0.15, -0.1) is 0 Å². The molecule has 0 aliphatic heterocycles. The highest BCUT2D eigenvalue weighted by molar-refractivity contribution is 6.30. The number of fused-ring (bicyclic) bond motifs is 8. The minimum Gasteiger partial charge on any atom is -0.455 e. The first-order chi connectivity index (χ1) is 11.2. The number of aryl methyl sites for hydroxylation is 2. The van der Waals surface area contributed by atoms with Gasteiger partial charge in [-0.3, -0.25) is 0 Å². The van der Waals surface area contributed by atoms with Gasteiger partial charge in [0.1, 0.15) is 11.2 Å². The molecule has 5 aromatic rings. The summed E-state index contributed by atoms with van der Waals surface area (Å²) in [6.45, 7) is 4.28. The summed E-state index contributed by atoms with van der Waals surface area (Å²) < 4.78 is 6.27. The van der Waals surface area contributed by atoms with E-state index in [-0.39, 0.29) is 0 Å². The van der Waals surface area contributed by atoms with Crippen LogP contribution in [0.1, 0.15) is 11.1 Å². The molecule has 4 aromatic carbocycles. The van der Waals surface area contributed by atoms with E-state index >= 15 is 0 Å². The highest BCUT2D eigenvalue weighted by Crippen LogP contribution is 2.41. The molecule has 0 amide bonds. The molecule has 0 aliphatic rings. The van der Waals surface area contributed by atoms with Gasteiger partial charge in [-0.2, -0.15) is 0 Å². The summed E-state index contributed by atoms with van der Waals surface area (Å²) in [5.41, 5.74) is 4.49. The maximum Gasteiger partial charge on any atom is 0.143 e. The third-order valence-electron chi connectivity index (χ3n) is 4.75. The predicted octanol–water partition coefficient (Wildman–Crippen LogP) is 6.51. The van der Waals surface area contributed by atoms with Crippen molar-refractivity contribution in [1.82, 2.24) is 0 Å². The van der Waals surface area contributed by atoms with Gasteiger partial charge in [0, 0.05) is 16.2 Å². The number of para-hydroxylation sites is 1. The summed E-state index contributed by atoms with van der Waals surface area (Å²) in [5.74, 6) is 0. The van der Waals surface area contributed by atoms with Gasteiger partial charge in [0.15, 0.2) is 0 Å². The van der Waals surface area contributed by atoms with Crippen molar-refractivity contribution in [3.05, 3.63) is 71.8 Å². The Morgan fingerprint density at radius 2 is 1.26 bits per heavy atom. The quantitative estimate of drug-likeness (QED) is 0.297. The van der Waals surface area contributed by atoms with E-state index in [1.165, 1.54) is 43.4 Å². The summed E-state index contributed by atoms with van der Waals surface area (Å²) in [6.07, 6.45) is 0. The van der Waals surface area contributed by atoms with Crippen LogP contribution in [0.4, 0.5) is 0 Å². The molecule has 5 rings (SSSR count). The first kappa shape index (κ1) is 12.7. The molecule has 0 spiro atoms. The normalized spacial score (nSPS) is 11.9. The Labute approximate surface area is 134 Å². The standard InChI is InChI=1S/C22H16O/c1-13-7-9-15-16-10-8-14(2)12-19(16)22-21(18(15)11-13)17-5-3-4-6-20(17)23-22/h3-12H,1-2H3. The van der Waals surface area contributed by atoms with E-state index in [1.54, 1.807) is 0 Å². The minimum absolute atomic E-state index is 0.958. The van der Waals surface area contributed by atoms with Crippen LogP contribution in [0, 0.1) is 13.8 Å². The Morgan fingerprint density at radius 1 is 0.609 bits per heavy atom. The maximum atomic E-state index is 6.27. The Morgan fingerprint density at radius 3 is 2.04 bits per heavy atom. The first-order valence-electron chi connectivity index (χ1n) is 7.96. The predicted molar refractivity (Wildman–Crippen MR) is 98.2 cm³/mol. The van der Waals surface area contributed by atoms with Gasteiger partial charge >= 0.3 is 0 Å². The molecule has 1 aromatic heterocycles. The van der Waals surface area contributed by atoms with Crippen molar-refractivity contribution in [2.45, 2.75) is 13.8 Å². The summed E-state index contributed by atoms with van der Waals surface area (Å²) >= 11 is 0. The average Bonchev–Trinajstić information content (AvgIpc) is 2.95. The van der Waals surface area contributed by atoms with Gasteiger partial charge in [-0.1, -0.05) is 59.7 Å². The molecule has 0 saturated heterocycles. The molecule has 1 nitrogen and oxygen atoms in total. The number of rotatable bonds is 0. The third-order valence-corrected chi connectivity index (χ3v) is 4.75. The second-order valence-corrected chi connectivity index (χ2v) is 6.40. The molecule has 110 valence electrons. The van der Waals surface area contributed by atoms with Crippen molar-refractivity contribution >= 4 is 43.5 Å². The van der Waals surface area contributed by atoms with Crippen LogP contribution in [0.25, 0.3) is 43.5 Å². The SMILES string of the molecule is Cc1ccc2c3ccc(C)cc3c3c4ccccc4oc3c2c1. The van der Waals surface area contributed by atoms with Crippen molar-refractivity contribution in [2.24, 2.45) is 0 Å². The first-order valence-corrected chi connectivity index (χ1v) is 7.96. The fourth-order valence-corrected chi connectivity index (χ4v) is 3.68. The summed E-state index contributed by atoms with van der Waals surface area (Å²) in [4.78, 5) is 0. The van der Waals surface area contributed by atoms with Gasteiger partial charge in [0.2, 0.25) is 0 Å². The molecular formula is C22H16O. The zero-order chi connectivity index (χ0) is 15.6. The van der Waals surface area contributed by atoms with Gasteiger partial charge in [0.05, 0.1) is 0 Å². The number of hydrogen-bond acceptors (Lipinski definition) is 1. The smallest absolute Gasteiger partial charge is 0.143 e. The molecule has 0 aliphatic carbocycles. The fourth-order valence-electron chi connectivity index (χ4n) is 3.68. The molecular weight excluding hydrogens is 280 g/mol. The molecule has 1 heteroatoms. The highest BCUT2D eigenvalue weighted by atomic mass is 16.3. The molecule has 23 heavy (non-hydrogen) atoms.